The van der Waals surface area contributed by atoms with Crippen LogP contribution in [0.1, 0.15) is 23.2 Å². The van der Waals surface area contributed by atoms with Gasteiger partial charge in [-0.25, -0.2) is 4.99 Å². The average Bonchev–Trinajstić information content (AvgIpc) is 2.94. The lowest BCUT2D eigenvalue weighted by molar-refractivity contribution is 0.0981. The molecule has 0 saturated heterocycles. The molecular weight excluding hydrogens is 284 g/mol. The summed E-state index contributed by atoms with van der Waals surface area (Å²) in [5.41, 5.74) is 8.75. The van der Waals surface area contributed by atoms with Gasteiger partial charge in [0.05, 0.1) is 11.0 Å². The molecule has 0 saturated carbocycles. The number of hydrogen-bond donors (Lipinski definition) is 1. The molecule has 0 atom stereocenters. The molecule has 110 valence electrons. The fourth-order valence-electron chi connectivity index (χ4n) is 3.69. The summed E-state index contributed by atoms with van der Waals surface area (Å²) in [5.74, 6) is 0.231. The first kappa shape index (κ1) is 12.6. The zero-order chi connectivity index (χ0) is 15.6. The van der Waals surface area contributed by atoms with Gasteiger partial charge in [0.2, 0.25) is 0 Å². The van der Waals surface area contributed by atoms with Crippen LogP contribution in [-0.2, 0) is 0 Å². The van der Waals surface area contributed by atoms with E-state index < -0.39 is 0 Å². The van der Waals surface area contributed by atoms with E-state index in [2.05, 4.69) is 12.1 Å². The third kappa shape index (κ3) is 1.65. The van der Waals surface area contributed by atoms with Gasteiger partial charge in [0, 0.05) is 28.1 Å². The molecule has 2 aliphatic rings. The number of rotatable bonds is 0. The zero-order valence-corrected chi connectivity index (χ0v) is 12.5. The molecule has 0 unspecified atom stereocenters. The van der Waals surface area contributed by atoms with Crippen LogP contribution in [0.5, 0.6) is 0 Å². The lowest BCUT2D eigenvalue weighted by atomic mass is 9.93. The number of ketones is 1. The summed E-state index contributed by atoms with van der Waals surface area (Å²) in [7, 11) is 0. The van der Waals surface area contributed by atoms with E-state index in [4.69, 9.17) is 10.7 Å². The van der Waals surface area contributed by atoms with Crippen LogP contribution in [0.15, 0.2) is 47.5 Å². The zero-order valence-electron chi connectivity index (χ0n) is 12.5. The van der Waals surface area contributed by atoms with Crippen molar-refractivity contribution in [3.63, 3.8) is 0 Å². The maximum absolute atomic E-state index is 12.2. The molecule has 3 nitrogen and oxygen atoms in total. The third-order valence-corrected chi connectivity index (χ3v) is 4.77. The van der Waals surface area contributed by atoms with E-state index in [9.17, 15) is 4.79 Å². The second-order valence-electron chi connectivity index (χ2n) is 6.14. The van der Waals surface area contributed by atoms with Crippen molar-refractivity contribution in [2.45, 2.75) is 12.8 Å². The summed E-state index contributed by atoms with van der Waals surface area (Å²) in [4.78, 5) is 16.9. The maximum Gasteiger partial charge on any atom is 0.163 e. The molecule has 1 heterocycles. The van der Waals surface area contributed by atoms with Crippen LogP contribution in [0.25, 0.3) is 16.8 Å². The minimum Gasteiger partial charge on any atom is -0.398 e. The predicted molar refractivity (Wildman–Crippen MR) is 90.9 cm³/mol. The van der Waals surface area contributed by atoms with Gasteiger partial charge in [-0.05, 0) is 52.7 Å². The first-order valence-corrected chi connectivity index (χ1v) is 7.80. The Kier molecular flexibility index (Phi) is 2.35. The van der Waals surface area contributed by atoms with E-state index in [0.717, 1.165) is 55.1 Å². The van der Waals surface area contributed by atoms with Gasteiger partial charge in [0.1, 0.15) is 0 Å². The summed E-state index contributed by atoms with van der Waals surface area (Å²) in [6.45, 7) is 0. The molecule has 23 heavy (non-hydrogen) atoms. The Morgan fingerprint density at radius 2 is 1.96 bits per heavy atom. The van der Waals surface area contributed by atoms with Crippen molar-refractivity contribution in [1.29, 1.82) is 0 Å². The highest BCUT2D eigenvalue weighted by Crippen LogP contribution is 2.28. The maximum atomic E-state index is 12.2. The number of nitrogen functional groups attached to an aromatic ring is 1. The second-order valence-corrected chi connectivity index (χ2v) is 6.14. The Bertz CT molecular complexity index is 1240. The lowest BCUT2D eigenvalue weighted by Gasteiger charge is -2.10. The van der Waals surface area contributed by atoms with Gasteiger partial charge in [-0.1, -0.05) is 18.2 Å². The monoisotopic (exact) mass is 298 g/mol. The number of fused-ring (bicyclic) bond motifs is 5. The van der Waals surface area contributed by atoms with E-state index in [1.807, 2.05) is 36.4 Å². The van der Waals surface area contributed by atoms with Gasteiger partial charge in [-0.3, -0.25) is 4.79 Å². The van der Waals surface area contributed by atoms with Crippen LogP contribution in [0.2, 0.25) is 0 Å². The van der Waals surface area contributed by atoms with Crippen molar-refractivity contribution >= 4 is 34.0 Å². The molecule has 3 heteroatoms. The molecule has 0 amide bonds. The summed E-state index contributed by atoms with van der Waals surface area (Å²) in [6.07, 6.45) is 3.57. The van der Waals surface area contributed by atoms with E-state index >= 15 is 0 Å². The largest absolute Gasteiger partial charge is 0.398 e. The molecule has 0 spiro atoms. The van der Waals surface area contributed by atoms with Crippen LogP contribution >= 0.6 is 0 Å². The minimum atomic E-state index is 0.231. The summed E-state index contributed by atoms with van der Waals surface area (Å²) < 4.78 is 0. The van der Waals surface area contributed by atoms with Crippen molar-refractivity contribution in [2.75, 3.05) is 5.73 Å². The van der Waals surface area contributed by atoms with Crippen molar-refractivity contribution in [2.24, 2.45) is 4.99 Å². The van der Waals surface area contributed by atoms with E-state index in [-0.39, 0.29) is 5.78 Å². The number of carbonyl (C=O) groups is 1. The van der Waals surface area contributed by atoms with Gasteiger partial charge < -0.3 is 5.73 Å². The highest BCUT2D eigenvalue weighted by molar-refractivity contribution is 6.02. The number of anilines is 1. The summed E-state index contributed by atoms with van der Waals surface area (Å²) in [6, 6.07) is 14.0. The Morgan fingerprint density at radius 3 is 2.87 bits per heavy atom. The topological polar surface area (TPSA) is 55.5 Å². The first-order valence-electron chi connectivity index (χ1n) is 7.80. The Labute approximate surface area is 132 Å². The van der Waals surface area contributed by atoms with Gasteiger partial charge in [0.15, 0.2) is 5.78 Å². The fourth-order valence-corrected chi connectivity index (χ4v) is 3.69. The molecule has 1 aliphatic carbocycles. The number of carbonyl (C=O) groups excluding carboxylic acids is 1. The van der Waals surface area contributed by atoms with Gasteiger partial charge in [-0.15, -0.1) is 0 Å². The highest BCUT2D eigenvalue weighted by Gasteiger charge is 2.15. The molecule has 1 aliphatic heterocycles. The Hall–Kier alpha value is -2.94. The number of benzene rings is 3. The molecule has 0 aromatic heterocycles. The average molecular weight is 298 g/mol. The number of hydrogen-bond acceptors (Lipinski definition) is 3. The van der Waals surface area contributed by atoms with E-state index in [1.165, 1.54) is 0 Å². The van der Waals surface area contributed by atoms with E-state index in [1.54, 1.807) is 0 Å². The summed E-state index contributed by atoms with van der Waals surface area (Å²) >= 11 is 0. The van der Waals surface area contributed by atoms with Gasteiger partial charge in [0.25, 0.3) is 0 Å². The normalized spacial score (nSPS) is 14.7. The Balaban J connectivity index is 2.08. The van der Waals surface area contributed by atoms with Crippen LogP contribution in [0, 0.1) is 10.4 Å². The van der Waals surface area contributed by atoms with Crippen LogP contribution in [0.4, 0.5) is 11.4 Å². The highest BCUT2D eigenvalue weighted by atomic mass is 16.1. The predicted octanol–water partition coefficient (Wildman–Crippen LogP) is 2.73. The van der Waals surface area contributed by atoms with Crippen LogP contribution in [-0.4, -0.2) is 5.78 Å². The Morgan fingerprint density at radius 1 is 1.04 bits per heavy atom. The first-order chi connectivity index (χ1) is 11.2. The molecular formula is C20H14N2O. The summed E-state index contributed by atoms with van der Waals surface area (Å²) in [5, 5.41) is 6.24. The van der Waals surface area contributed by atoms with Crippen molar-refractivity contribution in [1.82, 2.24) is 0 Å². The molecule has 0 radical (unpaired) electrons. The van der Waals surface area contributed by atoms with Crippen molar-refractivity contribution in [3.05, 3.63) is 69.0 Å². The number of nitrogens with zero attached hydrogens (tertiary/aromatic N) is 1. The third-order valence-electron chi connectivity index (χ3n) is 4.77. The van der Waals surface area contributed by atoms with Gasteiger partial charge in [-0.2, -0.15) is 0 Å². The molecule has 0 fully saturated rings. The SMILES string of the molecule is Nc1cccc2c1=c1c(ccc3cc4c(cc13)=CCCC4=O)N=2. The molecule has 2 N–H and O–H groups in total. The second kappa shape index (κ2) is 4.29. The minimum absolute atomic E-state index is 0.231. The molecule has 5 rings (SSSR count). The van der Waals surface area contributed by atoms with Crippen LogP contribution < -0.4 is 16.3 Å². The molecule has 3 aromatic carbocycles. The lowest BCUT2D eigenvalue weighted by Crippen LogP contribution is -2.18. The quantitative estimate of drug-likeness (QED) is 0.507. The standard InChI is InChI=1S/C20H14N2O/c21-15-4-2-5-16-20(15)19-14-10-11-3-1-6-18(23)13(11)9-12(14)7-8-17(19)22-16/h2-5,7-10H,1,6,21H2. The molecule has 3 aromatic rings. The smallest absolute Gasteiger partial charge is 0.163 e. The fraction of sp³-hybridized carbons (Fsp3) is 0.100. The molecule has 0 bridgehead atoms. The number of nitrogens with two attached hydrogens (primary N) is 1. The number of Topliss-reactive ketones (excluding diaryl/α,β-unsaturated/α-hetero) is 1. The van der Waals surface area contributed by atoms with Crippen molar-refractivity contribution in [3.8, 4) is 0 Å². The van der Waals surface area contributed by atoms with Crippen molar-refractivity contribution < 1.29 is 4.79 Å². The van der Waals surface area contributed by atoms with Gasteiger partial charge >= 0.3 is 0 Å². The van der Waals surface area contributed by atoms with E-state index in [0.29, 0.717) is 6.42 Å². The van der Waals surface area contributed by atoms with Crippen LogP contribution in [0.3, 0.4) is 0 Å².